The number of benzene rings is 6. The number of furan rings is 1. The molecule has 0 unspecified atom stereocenters. The third-order valence-electron chi connectivity index (χ3n) is 7.36. The summed E-state index contributed by atoms with van der Waals surface area (Å²) in [6, 6.07) is 51.4. The number of hydrogen-bond donors (Lipinski definition) is 0. The second-order valence-electron chi connectivity index (χ2n) is 9.88. The minimum absolute atomic E-state index is 0.907. The molecule has 2 nitrogen and oxygen atoms in total. The summed E-state index contributed by atoms with van der Waals surface area (Å²) in [5.74, 6) is 0. The van der Waals surface area contributed by atoms with E-state index < -0.39 is 0 Å². The van der Waals surface area contributed by atoms with Crippen molar-refractivity contribution in [2.24, 2.45) is 0 Å². The molecule has 184 valence electrons. The zero-order valence-corrected chi connectivity index (χ0v) is 21.7. The molecule has 0 aliphatic rings. The molecule has 1 aromatic heterocycles. The van der Waals surface area contributed by atoms with Crippen molar-refractivity contribution < 1.29 is 4.42 Å². The molecule has 0 atom stereocenters. The number of anilines is 3. The molecule has 0 fully saturated rings. The summed E-state index contributed by atoms with van der Waals surface area (Å²) in [5, 5.41) is 2.27. The number of hydrogen-bond acceptors (Lipinski definition) is 2. The first-order valence-corrected chi connectivity index (χ1v) is 13.3. The van der Waals surface area contributed by atoms with Gasteiger partial charge in [-0.3, -0.25) is 0 Å². The summed E-state index contributed by atoms with van der Waals surface area (Å²) in [6.45, 7) is 0. The van der Waals surface area contributed by atoms with E-state index in [9.17, 15) is 0 Å². The van der Waals surface area contributed by atoms with Gasteiger partial charge < -0.3 is 9.32 Å². The predicted molar refractivity (Wildman–Crippen MR) is 167 cm³/mol. The Labute approximate surface area is 229 Å². The maximum Gasteiger partial charge on any atom is 0.143 e. The Bertz CT molecular complexity index is 1910. The fraction of sp³-hybridized carbons (Fsp3) is 0. The summed E-state index contributed by atoms with van der Waals surface area (Å²) in [6.07, 6.45) is 0. The van der Waals surface area contributed by atoms with Gasteiger partial charge in [-0.2, -0.15) is 0 Å². The fourth-order valence-corrected chi connectivity index (χ4v) is 5.41. The molecule has 39 heavy (non-hydrogen) atoms. The highest BCUT2D eigenvalue weighted by Crippen LogP contribution is 2.44. The minimum atomic E-state index is 0.907. The summed E-state index contributed by atoms with van der Waals surface area (Å²) in [7, 11) is 2.12. The second-order valence-corrected chi connectivity index (χ2v) is 9.88. The molecule has 7 rings (SSSR count). The Balaban J connectivity index is 1.42. The molecule has 0 bridgehead atoms. The molecule has 0 aliphatic heterocycles. The van der Waals surface area contributed by atoms with Crippen LogP contribution in [0.4, 0.5) is 17.1 Å². The highest BCUT2D eigenvalue weighted by Gasteiger charge is 2.20. The number of para-hydroxylation sites is 3. The van der Waals surface area contributed by atoms with Gasteiger partial charge in [-0.25, -0.2) is 0 Å². The molecule has 1 heterocycles. The van der Waals surface area contributed by atoms with Crippen LogP contribution < -0.4 is 10.4 Å². The smallest absolute Gasteiger partial charge is 0.143 e. The standard InChI is InChI=1S/C36H26BNO/c37-27-19-23-29(24-20-27)38(28-21-17-26(18-22-28)25-9-2-1-3-10-25)34-15-6-4-11-30(34)32-13-8-14-33-31-12-5-7-16-35(31)39-36(32)33/h1-24H,37H2. The van der Waals surface area contributed by atoms with E-state index in [0.717, 1.165) is 50.1 Å². The van der Waals surface area contributed by atoms with Gasteiger partial charge in [0.1, 0.15) is 19.0 Å². The average Bonchev–Trinajstić information content (AvgIpc) is 3.38. The Morgan fingerprint density at radius 3 is 1.85 bits per heavy atom. The van der Waals surface area contributed by atoms with Crippen LogP contribution in [0.25, 0.3) is 44.2 Å². The third kappa shape index (κ3) is 4.19. The van der Waals surface area contributed by atoms with E-state index in [1.807, 2.05) is 12.1 Å². The Kier molecular flexibility index (Phi) is 5.75. The lowest BCUT2D eigenvalue weighted by Gasteiger charge is -2.28. The molecule has 3 heteroatoms. The normalized spacial score (nSPS) is 11.2. The van der Waals surface area contributed by atoms with Crippen molar-refractivity contribution in [1.29, 1.82) is 0 Å². The van der Waals surface area contributed by atoms with Crippen LogP contribution >= 0.6 is 0 Å². The Morgan fingerprint density at radius 2 is 1.05 bits per heavy atom. The molecule has 0 saturated carbocycles. The van der Waals surface area contributed by atoms with Gasteiger partial charge in [0.15, 0.2) is 0 Å². The van der Waals surface area contributed by atoms with Crippen molar-refractivity contribution in [3.05, 3.63) is 146 Å². The van der Waals surface area contributed by atoms with E-state index >= 15 is 0 Å². The maximum absolute atomic E-state index is 6.45. The van der Waals surface area contributed by atoms with E-state index in [1.54, 1.807) is 0 Å². The van der Waals surface area contributed by atoms with E-state index in [-0.39, 0.29) is 0 Å². The van der Waals surface area contributed by atoms with Crippen LogP contribution in [-0.2, 0) is 0 Å². The molecular weight excluding hydrogens is 473 g/mol. The van der Waals surface area contributed by atoms with Crippen LogP contribution in [0.15, 0.2) is 150 Å². The van der Waals surface area contributed by atoms with Crippen molar-refractivity contribution in [2.45, 2.75) is 0 Å². The van der Waals surface area contributed by atoms with Crippen LogP contribution in [-0.4, -0.2) is 7.85 Å². The Hall–Kier alpha value is -5.02. The summed E-state index contributed by atoms with van der Waals surface area (Å²) in [5.41, 5.74) is 11.0. The maximum atomic E-state index is 6.45. The summed E-state index contributed by atoms with van der Waals surface area (Å²) >= 11 is 0. The van der Waals surface area contributed by atoms with Crippen LogP contribution in [0.5, 0.6) is 0 Å². The number of rotatable bonds is 5. The van der Waals surface area contributed by atoms with Crippen LogP contribution in [0.1, 0.15) is 0 Å². The first-order chi connectivity index (χ1) is 19.3. The van der Waals surface area contributed by atoms with Gasteiger partial charge in [0, 0.05) is 33.3 Å². The molecule has 0 spiro atoms. The lowest BCUT2D eigenvalue weighted by atomic mass is 9.95. The van der Waals surface area contributed by atoms with Gasteiger partial charge >= 0.3 is 0 Å². The lowest BCUT2D eigenvalue weighted by molar-refractivity contribution is 0.670. The zero-order chi connectivity index (χ0) is 26.2. The SMILES string of the molecule is Bc1ccc(N(c2ccc(-c3ccccc3)cc2)c2ccccc2-c2cccc3c2oc2ccccc23)cc1. The molecule has 6 aromatic carbocycles. The van der Waals surface area contributed by atoms with Gasteiger partial charge in [-0.15, -0.1) is 0 Å². The highest BCUT2D eigenvalue weighted by molar-refractivity contribution is 6.32. The minimum Gasteiger partial charge on any atom is -0.455 e. The first-order valence-electron chi connectivity index (χ1n) is 13.3. The summed E-state index contributed by atoms with van der Waals surface area (Å²) in [4.78, 5) is 2.34. The monoisotopic (exact) mass is 499 g/mol. The Morgan fingerprint density at radius 1 is 0.462 bits per heavy atom. The van der Waals surface area contributed by atoms with Gasteiger partial charge in [-0.1, -0.05) is 115 Å². The van der Waals surface area contributed by atoms with Gasteiger partial charge in [0.05, 0.1) is 5.69 Å². The lowest BCUT2D eigenvalue weighted by Crippen LogP contribution is -2.12. The second kappa shape index (κ2) is 9.70. The fourth-order valence-electron chi connectivity index (χ4n) is 5.41. The van der Waals surface area contributed by atoms with Gasteiger partial charge in [-0.05, 0) is 47.5 Å². The van der Waals surface area contributed by atoms with Crippen LogP contribution in [0.2, 0.25) is 0 Å². The molecule has 0 radical (unpaired) electrons. The molecule has 7 aromatic rings. The van der Waals surface area contributed by atoms with Gasteiger partial charge in [0.25, 0.3) is 0 Å². The molecule has 0 amide bonds. The van der Waals surface area contributed by atoms with Crippen LogP contribution in [0, 0.1) is 0 Å². The van der Waals surface area contributed by atoms with E-state index in [4.69, 9.17) is 4.42 Å². The van der Waals surface area contributed by atoms with E-state index in [2.05, 4.69) is 146 Å². The van der Waals surface area contributed by atoms with E-state index in [1.165, 1.54) is 16.6 Å². The van der Waals surface area contributed by atoms with Crippen molar-refractivity contribution in [3.63, 3.8) is 0 Å². The van der Waals surface area contributed by atoms with Crippen molar-refractivity contribution >= 4 is 52.3 Å². The average molecular weight is 499 g/mol. The quantitative estimate of drug-likeness (QED) is 0.220. The molecule has 0 N–H and O–H groups in total. The first kappa shape index (κ1) is 23.1. The number of nitrogens with zero attached hydrogens (tertiary/aromatic N) is 1. The van der Waals surface area contributed by atoms with E-state index in [0.29, 0.717) is 0 Å². The zero-order valence-electron chi connectivity index (χ0n) is 21.7. The summed E-state index contributed by atoms with van der Waals surface area (Å²) < 4.78 is 6.45. The van der Waals surface area contributed by atoms with Crippen molar-refractivity contribution in [3.8, 4) is 22.3 Å². The van der Waals surface area contributed by atoms with Crippen molar-refractivity contribution in [1.82, 2.24) is 0 Å². The topological polar surface area (TPSA) is 16.4 Å². The molecule has 0 aliphatic carbocycles. The highest BCUT2D eigenvalue weighted by atomic mass is 16.3. The van der Waals surface area contributed by atoms with Gasteiger partial charge in [0.2, 0.25) is 0 Å². The third-order valence-corrected chi connectivity index (χ3v) is 7.36. The molecule has 0 saturated heterocycles. The number of fused-ring (bicyclic) bond motifs is 3. The van der Waals surface area contributed by atoms with Crippen LogP contribution in [0.3, 0.4) is 0 Å². The largest absolute Gasteiger partial charge is 0.455 e. The predicted octanol–water partition coefficient (Wildman–Crippen LogP) is 8.65. The molecular formula is C36H26BNO. The van der Waals surface area contributed by atoms with Crippen molar-refractivity contribution in [2.75, 3.05) is 4.90 Å².